The monoisotopic (exact) mass is 250 g/mol. The first kappa shape index (κ1) is 13.1. The summed E-state index contributed by atoms with van der Waals surface area (Å²) < 4.78 is 0. The molecule has 0 bridgehead atoms. The summed E-state index contributed by atoms with van der Waals surface area (Å²) in [5.41, 5.74) is 1.59. The molecule has 5 nitrogen and oxygen atoms in total. The number of H-pyrrole nitrogens is 1. The molecule has 0 radical (unpaired) electrons. The maximum atomic E-state index is 12.1. The largest absolute Gasteiger partial charge is 0.350 e. The lowest BCUT2D eigenvalue weighted by atomic mass is 9.96. The molecule has 2 N–H and O–H groups in total. The van der Waals surface area contributed by atoms with Gasteiger partial charge in [0, 0.05) is 17.8 Å². The molecule has 1 saturated carbocycles. The highest BCUT2D eigenvalue weighted by molar-refractivity contribution is 5.94. The second-order valence-electron chi connectivity index (χ2n) is 5.42. The van der Waals surface area contributed by atoms with Crippen molar-refractivity contribution in [2.75, 3.05) is 20.6 Å². The van der Waals surface area contributed by atoms with Gasteiger partial charge >= 0.3 is 0 Å². The number of nitrogens with zero attached hydrogens (tertiary/aromatic N) is 2. The highest BCUT2D eigenvalue weighted by Crippen LogP contribution is 2.33. The number of carbonyl (C=O) groups is 1. The van der Waals surface area contributed by atoms with Crippen LogP contribution >= 0.6 is 0 Å². The second kappa shape index (κ2) is 5.10. The van der Waals surface area contributed by atoms with Crippen molar-refractivity contribution in [3.8, 4) is 0 Å². The van der Waals surface area contributed by atoms with E-state index in [2.05, 4.69) is 34.5 Å². The normalized spacial score (nSPS) is 18.2. The Morgan fingerprint density at radius 3 is 2.67 bits per heavy atom. The Hall–Kier alpha value is -1.36. The van der Waals surface area contributed by atoms with E-state index in [4.69, 9.17) is 0 Å². The van der Waals surface area contributed by atoms with E-state index in [1.807, 2.05) is 6.92 Å². The van der Waals surface area contributed by atoms with Crippen molar-refractivity contribution in [1.82, 2.24) is 20.4 Å². The molecular weight excluding hydrogens is 228 g/mol. The molecule has 1 aromatic rings. The molecule has 1 heterocycles. The summed E-state index contributed by atoms with van der Waals surface area (Å²) in [6.45, 7) is 2.57. The standard InChI is InChI=1S/C13H22N4O/c1-10-11(8-15-16-10)12(18)14-9-13(17(2)3)6-4-5-7-13/h8H,4-7,9H2,1-3H3,(H,14,18)(H,15,16). The van der Waals surface area contributed by atoms with E-state index in [1.165, 1.54) is 12.8 Å². The number of nitrogens with one attached hydrogen (secondary N) is 2. The summed E-state index contributed by atoms with van der Waals surface area (Å²) in [7, 11) is 4.20. The average Bonchev–Trinajstić information content (AvgIpc) is 2.95. The minimum absolute atomic E-state index is 0.0330. The smallest absolute Gasteiger partial charge is 0.254 e. The summed E-state index contributed by atoms with van der Waals surface area (Å²) in [5.74, 6) is -0.0330. The van der Waals surface area contributed by atoms with Gasteiger partial charge in [0.1, 0.15) is 0 Å². The molecule has 1 fully saturated rings. The maximum Gasteiger partial charge on any atom is 0.254 e. The molecule has 100 valence electrons. The molecule has 0 saturated heterocycles. The van der Waals surface area contributed by atoms with Crippen LogP contribution in [0.3, 0.4) is 0 Å². The van der Waals surface area contributed by atoms with Gasteiger partial charge in [0.05, 0.1) is 11.8 Å². The van der Waals surface area contributed by atoms with Gasteiger partial charge in [-0.1, -0.05) is 12.8 Å². The van der Waals surface area contributed by atoms with Gasteiger partial charge in [-0.3, -0.25) is 9.89 Å². The van der Waals surface area contributed by atoms with Gasteiger partial charge in [0.15, 0.2) is 0 Å². The zero-order chi connectivity index (χ0) is 13.2. The lowest BCUT2D eigenvalue weighted by molar-refractivity contribution is 0.0899. The quantitative estimate of drug-likeness (QED) is 0.847. The molecule has 5 heteroatoms. The Balaban J connectivity index is 1.98. The number of aromatic nitrogens is 2. The van der Waals surface area contributed by atoms with Gasteiger partial charge in [-0.15, -0.1) is 0 Å². The maximum absolute atomic E-state index is 12.1. The molecule has 0 atom stereocenters. The van der Waals surface area contributed by atoms with Gasteiger partial charge < -0.3 is 10.2 Å². The minimum Gasteiger partial charge on any atom is -0.350 e. The number of likely N-dealkylation sites (N-methyl/N-ethyl adjacent to an activating group) is 1. The fraction of sp³-hybridized carbons (Fsp3) is 0.692. The van der Waals surface area contributed by atoms with Crippen LogP contribution in [0, 0.1) is 6.92 Å². The first-order chi connectivity index (χ1) is 8.55. The van der Waals surface area contributed by atoms with Gasteiger partial charge in [-0.25, -0.2) is 0 Å². The van der Waals surface area contributed by atoms with Crippen molar-refractivity contribution in [3.05, 3.63) is 17.5 Å². The Morgan fingerprint density at radius 1 is 1.50 bits per heavy atom. The van der Waals surface area contributed by atoms with Crippen LogP contribution in [0.1, 0.15) is 41.7 Å². The van der Waals surface area contributed by atoms with Crippen LogP contribution in [0.5, 0.6) is 0 Å². The fourth-order valence-corrected chi connectivity index (χ4v) is 2.73. The number of aryl methyl sites for hydroxylation is 1. The molecule has 1 aliphatic rings. The number of hydrogen-bond donors (Lipinski definition) is 2. The van der Waals surface area contributed by atoms with Gasteiger partial charge in [0.2, 0.25) is 0 Å². The molecule has 1 aliphatic carbocycles. The van der Waals surface area contributed by atoms with E-state index in [0.29, 0.717) is 12.1 Å². The third kappa shape index (κ3) is 2.41. The predicted molar refractivity (Wildman–Crippen MR) is 70.5 cm³/mol. The van der Waals surface area contributed by atoms with Gasteiger partial charge in [0.25, 0.3) is 5.91 Å². The third-order valence-corrected chi connectivity index (χ3v) is 4.14. The summed E-state index contributed by atoms with van der Waals surface area (Å²) >= 11 is 0. The second-order valence-corrected chi connectivity index (χ2v) is 5.42. The number of amides is 1. The molecule has 0 aromatic carbocycles. The summed E-state index contributed by atoms with van der Waals surface area (Å²) in [6, 6.07) is 0. The van der Waals surface area contributed by atoms with Gasteiger partial charge in [-0.2, -0.15) is 5.10 Å². The van der Waals surface area contributed by atoms with Crippen LogP contribution in [0.25, 0.3) is 0 Å². The molecule has 0 spiro atoms. The zero-order valence-electron chi connectivity index (χ0n) is 11.4. The lowest BCUT2D eigenvalue weighted by Crippen LogP contribution is -2.50. The van der Waals surface area contributed by atoms with Crippen LogP contribution in [0.2, 0.25) is 0 Å². The fourth-order valence-electron chi connectivity index (χ4n) is 2.73. The van der Waals surface area contributed by atoms with E-state index in [1.54, 1.807) is 6.20 Å². The molecule has 0 aliphatic heterocycles. The summed E-state index contributed by atoms with van der Waals surface area (Å²) in [4.78, 5) is 14.3. The minimum atomic E-state index is -0.0330. The van der Waals surface area contributed by atoms with E-state index in [0.717, 1.165) is 18.5 Å². The van der Waals surface area contributed by atoms with Gasteiger partial charge in [-0.05, 0) is 33.9 Å². The topological polar surface area (TPSA) is 61.0 Å². The summed E-state index contributed by atoms with van der Waals surface area (Å²) in [5, 5.41) is 9.72. The predicted octanol–water partition coefficient (Wildman–Crippen LogP) is 1.32. The first-order valence-corrected chi connectivity index (χ1v) is 6.51. The van der Waals surface area contributed by atoms with Crippen LogP contribution in [-0.2, 0) is 0 Å². The van der Waals surface area contributed by atoms with E-state index >= 15 is 0 Å². The van der Waals surface area contributed by atoms with Crippen LogP contribution in [0.4, 0.5) is 0 Å². The molecule has 1 aromatic heterocycles. The number of rotatable bonds is 4. The molecule has 0 unspecified atom stereocenters. The highest BCUT2D eigenvalue weighted by Gasteiger charge is 2.36. The first-order valence-electron chi connectivity index (χ1n) is 6.51. The van der Waals surface area contributed by atoms with Crippen molar-refractivity contribution >= 4 is 5.91 Å². The van der Waals surface area contributed by atoms with Crippen molar-refractivity contribution < 1.29 is 4.79 Å². The zero-order valence-corrected chi connectivity index (χ0v) is 11.4. The third-order valence-electron chi connectivity index (χ3n) is 4.14. The van der Waals surface area contributed by atoms with E-state index in [-0.39, 0.29) is 11.4 Å². The molecule has 1 amide bonds. The molecule has 2 rings (SSSR count). The van der Waals surface area contributed by atoms with Crippen LogP contribution in [-0.4, -0.2) is 47.2 Å². The van der Waals surface area contributed by atoms with Crippen LogP contribution in [0.15, 0.2) is 6.20 Å². The van der Waals surface area contributed by atoms with E-state index < -0.39 is 0 Å². The Bertz CT molecular complexity index is 418. The number of hydrogen-bond acceptors (Lipinski definition) is 3. The number of carbonyl (C=O) groups excluding carboxylic acids is 1. The SMILES string of the molecule is Cc1[nH]ncc1C(=O)NCC1(N(C)C)CCCC1. The van der Waals surface area contributed by atoms with Crippen LogP contribution < -0.4 is 5.32 Å². The molecule has 18 heavy (non-hydrogen) atoms. The Morgan fingerprint density at radius 2 is 2.17 bits per heavy atom. The molecular formula is C13H22N4O. The van der Waals surface area contributed by atoms with Crippen molar-refractivity contribution in [3.63, 3.8) is 0 Å². The van der Waals surface area contributed by atoms with E-state index in [9.17, 15) is 4.79 Å². The van der Waals surface area contributed by atoms with Crippen molar-refractivity contribution in [2.24, 2.45) is 0 Å². The Labute approximate surface area is 108 Å². The van der Waals surface area contributed by atoms with Crippen molar-refractivity contribution in [1.29, 1.82) is 0 Å². The number of aromatic amines is 1. The summed E-state index contributed by atoms with van der Waals surface area (Å²) in [6.07, 6.45) is 6.40. The average molecular weight is 250 g/mol. The van der Waals surface area contributed by atoms with Crippen molar-refractivity contribution in [2.45, 2.75) is 38.1 Å². The Kier molecular flexibility index (Phi) is 3.71. The lowest BCUT2D eigenvalue weighted by Gasteiger charge is -2.36. The highest BCUT2D eigenvalue weighted by atomic mass is 16.1.